The highest BCUT2D eigenvalue weighted by Crippen LogP contribution is 2.34. The Kier molecular flexibility index (Phi) is 9.42. The summed E-state index contributed by atoms with van der Waals surface area (Å²) in [6.07, 6.45) is -2.97. The van der Waals surface area contributed by atoms with E-state index in [1.54, 1.807) is 62.6 Å². The van der Waals surface area contributed by atoms with Crippen LogP contribution in [0.4, 0.5) is 46.8 Å². The number of amides is 4. The van der Waals surface area contributed by atoms with Crippen LogP contribution in [-0.4, -0.2) is 66.9 Å². The number of likely N-dealkylation sites (N-methyl/N-ethyl adjacent to an activating group) is 1. The number of aromatic nitrogens is 2. The first-order valence-corrected chi connectivity index (χ1v) is 14.6. The van der Waals surface area contributed by atoms with Crippen LogP contribution < -0.4 is 25.8 Å². The van der Waals surface area contributed by atoms with E-state index in [0.29, 0.717) is 40.6 Å². The molecule has 14 heteroatoms. The molecule has 0 fully saturated rings. The van der Waals surface area contributed by atoms with Gasteiger partial charge in [0.1, 0.15) is 5.82 Å². The number of halogens is 3. The Labute approximate surface area is 269 Å². The Morgan fingerprint density at radius 2 is 1.68 bits per heavy atom. The SMILES string of the molecule is Cc1ccc(NC(=O)c2cccc(C(F)(F)F)c2)cc1N1Cc2cnc(Nc3ccc(C(=O)NCCN(C)C)cc3)nc2N(C)C1=O. The smallest absolute Gasteiger partial charge is 0.351 e. The van der Waals surface area contributed by atoms with Crippen molar-refractivity contribution in [1.29, 1.82) is 0 Å². The van der Waals surface area contributed by atoms with E-state index >= 15 is 0 Å². The summed E-state index contributed by atoms with van der Waals surface area (Å²) in [6, 6.07) is 15.6. The van der Waals surface area contributed by atoms with E-state index in [4.69, 9.17) is 0 Å². The molecule has 0 saturated carbocycles. The van der Waals surface area contributed by atoms with Crippen LogP contribution in [0.15, 0.2) is 72.9 Å². The molecule has 1 aromatic heterocycles. The van der Waals surface area contributed by atoms with Crippen molar-refractivity contribution in [1.82, 2.24) is 20.2 Å². The van der Waals surface area contributed by atoms with Gasteiger partial charge in [-0.25, -0.2) is 9.78 Å². The van der Waals surface area contributed by atoms with Crippen LogP contribution in [0.3, 0.4) is 0 Å². The average Bonchev–Trinajstić information content (AvgIpc) is 3.03. The van der Waals surface area contributed by atoms with Crippen LogP contribution >= 0.6 is 0 Å². The molecule has 3 N–H and O–H groups in total. The van der Waals surface area contributed by atoms with Crippen LogP contribution in [0.1, 0.15) is 37.4 Å². The number of nitrogens with zero attached hydrogens (tertiary/aromatic N) is 5. The zero-order valence-electron chi connectivity index (χ0n) is 26.1. The predicted molar refractivity (Wildman–Crippen MR) is 173 cm³/mol. The van der Waals surface area contributed by atoms with Gasteiger partial charge in [-0.3, -0.25) is 19.4 Å². The summed E-state index contributed by atoms with van der Waals surface area (Å²) in [5.74, 6) is -0.223. The van der Waals surface area contributed by atoms with Gasteiger partial charge in [0.05, 0.1) is 17.8 Å². The van der Waals surface area contributed by atoms with Crippen molar-refractivity contribution in [3.05, 3.63) is 101 Å². The molecule has 0 aliphatic carbocycles. The molecule has 0 unspecified atom stereocenters. The van der Waals surface area contributed by atoms with Crippen LogP contribution in [0, 0.1) is 6.92 Å². The van der Waals surface area contributed by atoms with Gasteiger partial charge in [-0.1, -0.05) is 12.1 Å². The highest BCUT2D eigenvalue weighted by molar-refractivity contribution is 6.07. The molecule has 0 bridgehead atoms. The quantitative estimate of drug-likeness (QED) is 0.214. The number of fused-ring (bicyclic) bond motifs is 1. The van der Waals surface area contributed by atoms with Gasteiger partial charge in [0, 0.05) is 54.4 Å². The molecule has 0 spiro atoms. The molecule has 4 amide bonds. The molecule has 1 aliphatic heterocycles. The molecule has 5 rings (SSSR count). The van der Waals surface area contributed by atoms with E-state index in [0.717, 1.165) is 24.2 Å². The summed E-state index contributed by atoms with van der Waals surface area (Å²) in [4.78, 5) is 52.6. The summed E-state index contributed by atoms with van der Waals surface area (Å²) in [7, 11) is 5.45. The fourth-order valence-corrected chi connectivity index (χ4v) is 4.90. The number of carbonyl (C=O) groups is 3. The third-order valence-electron chi connectivity index (χ3n) is 7.46. The summed E-state index contributed by atoms with van der Waals surface area (Å²) in [5.41, 5.74) is 2.31. The molecule has 47 heavy (non-hydrogen) atoms. The van der Waals surface area contributed by atoms with Gasteiger partial charge in [-0.2, -0.15) is 18.2 Å². The third kappa shape index (κ3) is 7.66. The second-order valence-corrected chi connectivity index (χ2v) is 11.3. The molecule has 0 radical (unpaired) electrons. The zero-order chi connectivity index (χ0) is 33.9. The maximum Gasteiger partial charge on any atom is 0.416 e. The van der Waals surface area contributed by atoms with Crippen molar-refractivity contribution in [2.45, 2.75) is 19.6 Å². The van der Waals surface area contributed by atoms with Crippen molar-refractivity contribution < 1.29 is 27.6 Å². The molecule has 3 aromatic carbocycles. The number of anilines is 5. The molecular weight excluding hydrogens is 613 g/mol. The Morgan fingerprint density at radius 3 is 2.38 bits per heavy atom. The van der Waals surface area contributed by atoms with Crippen molar-refractivity contribution in [2.75, 3.05) is 54.7 Å². The number of nitrogens with one attached hydrogen (secondary N) is 3. The van der Waals surface area contributed by atoms with Gasteiger partial charge >= 0.3 is 12.2 Å². The summed E-state index contributed by atoms with van der Waals surface area (Å²) < 4.78 is 39.4. The van der Waals surface area contributed by atoms with Gasteiger partial charge in [-0.05, 0) is 81.2 Å². The fraction of sp³-hybridized carbons (Fsp3) is 0.242. The predicted octanol–water partition coefficient (Wildman–Crippen LogP) is 5.67. The lowest BCUT2D eigenvalue weighted by Crippen LogP contribution is -2.46. The van der Waals surface area contributed by atoms with E-state index in [1.807, 2.05) is 19.0 Å². The Bertz CT molecular complexity index is 1810. The van der Waals surface area contributed by atoms with Crippen LogP contribution in [0.2, 0.25) is 0 Å². The number of carbonyl (C=O) groups excluding carboxylic acids is 3. The minimum Gasteiger partial charge on any atom is -0.351 e. The number of urea groups is 1. The van der Waals surface area contributed by atoms with Crippen molar-refractivity contribution in [3.63, 3.8) is 0 Å². The zero-order valence-corrected chi connectivity index (χ0v) is 26.1. The topological polar surface area (TPSA) is 123 Å². The van der Waals surface area contributed by atoms with Crippen LogP contribution in [0.5, 0.6) is 0 Å². The lowest BCUT2D eigenvalue weighted by molar-refractivity contribution is -0.137. The van der Waals surface area contributed by atoms with Gasteiger partial charge < -0.3 is 20.9 Å². The molecule has 11 nitrogen and oxygen atoms in total. The minimum absolute atomic E-state index is 0.141. The second-order valence-electron chi connectivity index (χ2n) is 11.3. The normalized spacial score (nSPS) is 13.0. The third-order valence-corrected chi connectivity index (χ3v) is 7.46. The number of alkyl halides is 3. The van der Waals surface area contributed by atoms with E-state index in [-0.39, 0.29) is 30.0 Å². The number of rotatable bonds is 9. The number of hydrogen-bond donors (Lipinski definition) is 3. The van der Waals surface area contributed by atoms with Crippen molar-refractivity contribution in [3.8, 4) is 0 Å². The lowest BCUT2D eigenvalue weighted by atomic mass is 10.1. The summed E-state index contributed by atoms with van der Waals surface area (Å²) >= 11 is 0. The first-order chi connectivity index (χ1) is 22.3. The Hall–Kier alpha value is -5.50. The number of aryl methyl sites for hydroxylation is 1. The summed E-state index contributed by atoms with van der Waals surface area (Å²) in [6.45, 7) is 3.21. The number of hydrogen-bond acceptors (Lipinski definition) is 7. The second kappa shape index (κ2) is 13.5. The first kappa shape index (κ1) is 32.9. The maximum absolute atomic E-state index is 13.5. The molecule has 0 saturated heterocycles. The standard InChI is InChI=1S/C33H33F3N8O3/c1-20-8-11-26(39-30(46)22-6-5-7-24(16-22)33(34,35)36)17-27(20)44-19-23-18-38-31(41-28(23)43(4)32(44)47)40-25-12-9-21(10-13-25)29(45)37-14-15-42(2)3/h5-13,16-18H,14-15,19H2,1-4H3,(H,37,45)(H,39,46)(H,38,40,41). The van der Waals surface area contributed by atoms with E-state index in [1.165, 1.54) is 21.9 Å². The molecule has 0 atom stereocenters. The minimum atomic E-state index is -4.58. The molecule has 244 valence electrons. The Morgan fingerprint density at radius 1 is 0.957 bits per heavy atom. The highest BCUT2D eigenvalue weighted by Gasteiger charge is 2.32. The molecule has 4 aromatic rings. The first-order valence-electron chi connectivity index (χ1n) is 14.6. The molecule has 2 heterocycles. The fourth-order valence-electron chi connectivity index (χ4n) is 4.90. The lowest BCUT2D eigenvalue weighted by Gasteiger charge is -2.35. The van der Waals surface area contributed by atoms with E-state index in [2.05, 4.69) is 25.9 Å². The van der Waals surface area contributed by atoms with Gasteiger partial charge in [0.15, 0.2) is 0 Å². The molecule has 1 aliphatic rings. The van der Waals surface area contributed by atoms with Gasteiger partial charge in [0.2, 0.25) is 5.95 Å². The maximum atomic E-state index is 13.5. The van der Waals surface area contributed by atoms with E-state index < -0.39 is 17.6 Å². The molecular formula is C33H33F3N8O3. The monoisotopic (exact) mass is 646 g/mol. The van der Waals surface area contributed by atoms with Crippen LogP contribution in [0.25, 0.3) is 0 Å². The number of benzene rings is 3. The summed E-state index contributed by atoms with van der Waals surface area (Å²) in [5, 5.41) is 8.59. The van der Waals surface area contributed by atoms with Crippen molar-refractivity contribution in [2.24, 2.45) is 0 Å². The highest BCUT2D eigenvalue weighted by atomic mass is 19.4. The van der Waals surface area contributed by atoms with Crippen molar-refractivity contribution >= 4 is 46.7 Å². The van der Waals surface area contributed by atoms with E-state index in [9.17, 15) is 27.6 Å². The largest absolute Gasteiger partial charge is 0.416 e. The van der Waals surface area contributed by atoms with Gasteiger partial charge in [-0.15, -0.1) is 0 Å². The Balaban J connectivity index is 1.29. The van der Waals surface area contributed by atoms with Crippen LogP contribution in [-0.2, 0) is 12.7 Å². The van der Waals surface area contributed by atoms with Gasteiger partial charge in [0.25, 0.3) is 11.8 Å². The average molecular weight is 647 g/mol.